The molecule has 3 saturated heterocycles. The Morgan fingerprint density at radius 3 is 2.70 bits per heavy atom. The normalized spacial score (nSPS) is 26.9. The Morgan fingerprint density at radius 1 is 1.07 bits per heavy atom. The average molecular weight is 413 g/mol. The lowest BCUT2D eigenvalue weighted by atomic mass is 9.83. The van der Waals surface area contributed by atoms with E-state index in [-0.39, 0.29) is 18.2 Å². The van der Waals surface area contributed by atoms with Gasteiger partial charge in [-0.25, -0.2) is 4.79 Å². The van der Waals surface area contributed by atoms with Crippen LogP contribution < -0.4 is 10.6 Å². The molecule has 0 spiro atoms. The van der Waals surface area contributed by atoms with Crippen LogP contribution in [0, 0.1) is 5.92 Å². The van der Waals surface area contributed by atoms with Crippen LogP contribution in [0.4, 0.5) is 4.79 Å². The lowest BCUT2D eigenvalue weighted by Crippen LogP contribution is -2.51. The minimum atomic E-state index is -0.759. The van der Waals surface area contributed by atoms with Gasteiger partial charge in [-0.2, -0.15) is 0 Å². The zero-order chi connectivity index (χ0) is 20.9. The number of benzene rings is 1. The summed E-state index contributed by atoms with van der Waals surface area (Å²) in [5.74, 6) is 0.0212. The second kappa shape index (κ2) is 9.60. The molecular weight excluding hydrogens is 380 g/mol. The van der Waals surface area contributed by atoms with Gasteiger partial charge in [0.05, 0.1) is 6.42 Å². The molecule has 4 amide bonds. The van der Waals surface area contributed by atoms with Crippen molar-refractivity contribution in [3.8, 4) is 0 Å². The highest BCUT2D eigenvalue weighted by molar-refractivity contribution is 6.05. The summed E-state index contributed by atoms with van der Waals surface area (Å²) in [5.41, 5.74) is 1.07. The van der Waals surface area contributed by atoms with E-state index >= 15 is 0 Å². The van der Waals surface area contributed by atoms with Crippen LogP contribution in [-0.4, -0.2) is 65.9 Å². The maximum absolute atomic E-state index is 12.6. The van der Waals surface area contributed by atoms with Crippen molar-refractivity contribution in [1.82, 2.24) is 20.4 Å². The van der Waals surface area contributed by atoms with Gasteiger partial charge in [-0.05, 0) is 56.7 Å². The maximum atomic E-state index is 12.6. The number of amides is 4. The summed E-state index contributed by atoms with van der Waals surface area (Å²) in [4.78, 5) is 41.1. The summed E-state index contributed by atoms with van der Waals surface area (Å²) in [6, 6.07) is 9.17. The van der Waals surface area contributed by atoms with E-state index in [9.17, 15) is 14.4 Å². The third kappa shape index (κ3) is 4.83. The highest BCUT2D eigenvalue weighted by Gasteiger charge is 2.39. The first kappa shape index (κ1) is 20.8. The quantitative estimate of drug-likeness (QED) is 0.671. The van der Waals surface area contributed by atoms with Crippen molar-refractivity contribution in [2.24, 2.45) is 5.92 Å². The zero-order valence-corrected chi connectivity index (χ0v) is 17.5. The van der Waals surface area contributed by atoms with Crippen molar-refractivity contribution in [3.63, 3.8) is 0 Å². The SMILES string of the molecule is O=C(C[C@@H]1NC(=O)N(CCc2ccccc2)C1=O)NC[C@@H]1CCCN2CCCC[C@H]12. The molecule has 1 aromatic rings. The smallest absolute Gasteiger partial charge is 0.324 e. The molecule has 3 fully saturated rings. The molecule has 162 valence electrons. The number of piperidine rings is 2. The molecule has 2 N–H and O–H groups in total. The third-order valence-electron chi connectivity index (χ3n) is 6.75. The summed E-state index contributed by atoms with van der Waals surface area (Å²) in [5, 5.41) is 5.71. The van der Waals surface area contributed by atoms with Crippen LogP contribution in [-0.2, 0) is 16.0 Å². The topological polar surface area (TPSA) is 81.8 Å². The first-order valence-electron chi connectivity index (χ1n) is 11.3. The monoisotopic (exact) mass is 412 g/mol. The van der Waals surface area contributed by atoms with Crippen LogP contribution in [0.25, 0.3) is 0 Å². The van der Waals surface area contributed by atoms with Crippen molar-refractivity contribution in [2.75, 3.05) is 26.2 Å². The Morgan fingerprint density at radius 2 is 1.87 bits per heavy atom. The molecule has 3 heterocycles. The van der Waals surface area contributed by atoms with Gasteiger partial charge in [0.1, 0.15) is 6.04 Å². The van der Waals surface area contributed by atoms with Crippen molar-refractivity contribution >= 4 is 17.8 Å². The van der Waals surface area contributed by atoms with Gasteiger partial charge in [-0.15, -0.1) is 0 Å². The standard InChI is InChI=1S/C23H32N4O3/c28-21(24-16-18-9-6-13-26-12-5-4-10-20(18)26)15-19-22(29)27(23(30)25-19)14-11-17-7-2-1-3-8-17/h1-3,7-8,18-20H,4-6,9-16H2,(H,24,28)(H,25,30)/t18-,19-,20+/m0/s1. The number of hydrogen-bond donors (Lipinski definition) is 2. The minimum absolute atomic E-state index is 0.00745. The van der Waals surface area contributed by atoms with Crippen LogP contribution in [0.5, 0.6) is 0 Å². The van der Waals surface area contributed by atoms with E-state index in [1.165, 1.54) is 43.7 Å². The van der Waals surface area contributed by atoms with E-state index in [4.69, 9.17) is 0 Å². The van der Waals surface area contributed by atoms with Gasteiger partial charge in [-0.1, -0.05) is 36.8 Å². The molecular formula is C23H32N4O3. The molecule has 0 aromatic heterocycles. The summed E-state index contributed by atoms with van der Waals surface area (Å²) in [6.07, 6.45) is 6.71. The fourth-order valence-electron chi connectivity index (χ4n) is 5.13. The fourth-order valence-corrected chi connectivity index (χ4v) is 5.13. The van der Waals surface area contributed by atoms with Crippen LogP contribution in [0.3, 0.4) is 0 Å². The van der Waals surface area contributed by atoms with Gasteiger partial charge in [0, 0.05) is 19.1 Å². The third-order valence-corrected chi connectivity index (χ3v) is 6.75. The van der Waals surface area contributed by atoms with Gasteiger partial charge in [0.15, 0.2) is 0 Å². The second-order valence-electron chi connectivity index (χ2n) is 8.74. The summed E-state index contributed by atoms with van der Waals surface area (Å²) >= 11 is 0. The molecule has 0 unspecified atom stereocenters. The highest BCUT2D eigenvalue weighted by Crippen LogP contribution is 2.30. The number of rotatable bonds is 7. The zero-order valence-electron chi connectivity index (χ0n) is 17.5. The predicted molar refractivity (Wildman–Crippen MR) is 114 cm³/mol. The molecule has 30 heavy (non-hydrogen) atoms. The van der Waals surface area contributed by atoms with Crippen LogP contribution in [0.15, 0.2) is 30.3 Å². The van der Waals surface area contributed by atoms with Gasteiger partial charge < -0.3 is 15.5 Å². The second-order valence-corrected chi connectivity index (χ2v) is 8.74. The number of nitrogens with one attached hydrogen (secondary N) is 2. The molecule has 0 saturated carbocycles. The largest absolute Gasteiger partial charge is 0.356 e. The molecule has 3 atom stereocenters. The Hall–Kier alpha value is -2.41. The van der Waals surface area contributed by atoms with Crippen LogP contribution in [0.1, 0.15) is 44.1 Å². The molecule has 0 bridgehead atoms. The number of carbonyl (C=O) groups excluding carboxylic acids is 3. The first-order chi connectivity index (χ1) is 14.6. The minimum Gasteiger partial charge on any atom is -0.356 e. The molecule has 3 aliphatic rings. The summed E-state index contributed by atoms with van der Waals surface area (Å²) < 4.78 is 0. The van der Waals surface area contributed by atoms with Crippen molar-refractivity contribution in [1.29, 1.82) is 0 Å². The molecule has 0 aliphatic carbocycles. The molecule has 3 aliphatic heterocycles. The molecule has 4 rings (SSSR count). The van der Waals surface area contributed by atoms with E-state index in [0.29, 0.717) is 31.5 Å². The van der Waals surface area contributed by atoms with Crippen molar-refractivity contribution < 1.29 is 14.4 Å². The van der Waals surface area contributed by atoms with E-state index in [2.05, 4.69) is 15.5 Å². The van der Waals surface area contributed by atoms with E-state index in [1.54, 1.807) is 0 Å². The van der Waals surface area contributed by atoms with Gasteiger partial charge in [0.25, 0.3) is 5.91 Å². The molecule has 1 aromatic carbocycles. The van der Waals surface area contributed by atoms with Gasteiger partial charge >= 0.3 is 6.03 Å². The summed E-state index contributed by atoms with van der Waals surface area (Å²) in [6.45, 7) is 3.34. The van der Waals surface area contributed by atoms with E-state index in [1.807, 2.05) is 30.3 Å². The first-order valence-corrected chi connectivity index (χ1v) is 11.3. The van der Waals surface area contributed by atoms with Gasteiger partial charge in [0.2, 0.25) is 5.91 Å². The van der Waals surface area contributed by atoms with Crippen molar-refractivity contribution in [3.05, 3.63) is 35.9 Å². The predicted octanol–water partition coefficient (Wildman–Crippen LogP) is 1.92. The number of fused-ring (bicyclic) bond motifs is 1. The fraction of sp³-hybridized carbons (Fsp3) is 0.609. The number of carbonyl (C=O) groups is 3. The van der Waals surface area contributed by atoms with Gasteiger partial charge in [-0.3, -0.25) is 14.5 Å². The number of urea groups is 1. The van der Waals surface area contributed by atoms with Crippen LogP contribution >= 0.6 is 0 Å². The molecule has 7 nitrogen and oxygen atoms in total. The van der Waals surface area contributed by atoms with E-state index < -0.39 is 12.1 Å². The van der Waals surface area contributed by atoms with E-state index in [0.717, 1.165) is 12.0 Å². The summed E-state index contributed by atoms with van der Waals surface area (Å²) in [7, 11) is 0. The number of hydrogen-bond acceptors (Lipinski definition) is 4. The average Bonchev–Trinajstić information content (AvgIpc) is 3.03. The number of nitrogens with zero attached hydrogens (tertiary/aromatic N) is 2. The highest BCUT2D eigenvalue weighted by atomic mass is 16.2. The van der Waals surface area contributed by atoms with Crippen molar-refractivity contribution in [2.45, 2.75) is 57.0 Å². The van der Waals surface area contributed by atoms with Crippen LogP contribution in [0.2, 0.25) is 0 Å². The Bertz CT molecular complexity index is 767. The molecule has 0 radical (unpaired) electrons. The maximum Gasteiger partial charge on any atom is 0.324 e. The number of imide groups is 1. The lowest BCUT2D eigenvalue weighted by molar-refractivity contribution is -0.131. The Balaban J connectivity index is 1.24. The lowest BCUT2D eigenvalue weighted by Gasteiger charge is -2.44. The Kier molecular flexibility index (Phi) is 6.67. The Labute approximate surface area is 178 Å². The molecule has 7 heteroatoms.